The first-order chi connectivity index (χ1) is 20.8. The molecule has 3 heterocycles. The summed E-state index contributed by atoms with van der Waals surface area (Å²) in [5.41, 5.74) is 3.75. The Balaban J connectivity index is 1.17. The van der Waals surface area contributed by atoms with Crippen molar-refractivity contribution in [3.63, 3.8) is 0 Å². The number of cyclic esters (lactones) is 1. The summed E-state index contributed by atoms with van der Waals surface area (Å²) in [7, 11) is -4.43. The van der Waals surface area contributed by atoms with Gasteiger partial charge in [0, 0.05) is 0 Å². The number of benzene rings is 3. The molecule has 0 saturated carbocycles. The minimum Gasteiger partial charge on any atom is -0.460 e. The molecular formula is C29H25N5O7S2. The molecule has 0 radical (unpaired) electrons. The molecule has 1 saturated heterocycles. The number of nitrogens with zero attached hydrogens (tertiary/aromatic N) is 4. The zero-order valence-corrected chi connectivity index (χ0v) is 24.2. The number of nitrogens with one attached hydrogen (secondary N) is 1. The van der Waals surface area contributed by atoms with E-state index in [1.165, 1.54) is 11.3 Å². The normalized spacial score (nSPS) is 14.1. The van der Waals surface area contributed by atoms with Crippen LogP contribution in [0.4, 0.5) is 4.79 Å². The van der Waals surface area contributed by atoms with Crippen molar-refractivity contribution in [3.05, 3.63) is 101 Å². The van der Waals surface area contributed by atoms with Crippen molar-refractivity contribution in [3.8, 4) is 11.1 Å². The molecule has 0 bridgehead atoms. The Bertz CT molecular complexity index is 1860. The number of esters is 1. The summed E-state index contributed by atoms with van der Waals surface area (Å²) < 4.78 is 45.4. The van der Waals surface area contributed by atoms with E-state index in [1.54, 1.807) is 24.3 Å². The minimum atomic E-state index is -4.43. The molecule has 14 heteroatoms. The van der Waals surface area contributed by atoms with E-state index in [2.05, 4.69) is 26.0 Å². The third-order valence-corrected chi connectivity index (χ3v) is 9.06. The first-order valence-corrected chi connectivity index (χ1v) is 15.5. The van der Waals surface area contributed by atoms with Crippen LogP contribution in [0.3, 0.4) is 0 Å². The average Bonchev–Trinajstić information content (AvgIpc) is 3.76. The Morgan fingerprint density at radius 2 is 1.74 bits per heavy atom. The van der Waals surface area contributed by atoms with Gasteiger partial charge in [-0.1, -0.05) is 66.7 Å². The molecular weight excluding hydrogens is 594 g/mol. The van der Waals surface area contributed by atoms with Crippen molar-refractivity contribution >= 4 is 43.8 Å². The van der Waals surface area contributed by atoms with Gasteiger partial charge in [-0.3, -0.25) is 4.79 Å². The maximum absolute atomic E-state index is 13.0. The van der Waals surface area contributed by atoms with Crippen LogP contribution in [0.1, 0.15) is 22.4 Å². The monoisotopic (exact) mass is 619 g/mol. The van der Waals surface area contributed by atoms with Crippen molar-refractivity contribution in [2.45, 2.75) is 25.5 Å². The summed E-state index contributed by atoms with van der Waals surface area (Å²) >= 11 is 1.50. The maximum atomic E-state index is 13.0. The lowest BCUT2D eigenvalue weighted by Gasteiger charge is -2.20. The fourth-order valence-corrected chi connectivity index (χ4v) is 6.68. The van der Waals surface area contributed by atoms with Gasteiger partial charge in [0.2, 0.25) is 11.8 Å². The lowest BCUT2D eigenvalue weighted by Crippen LogP contribution is -2.50. The summed E-state index contributed by atoms with van der Waals surface area (Å²) in [5, 5.41) is 8.84. The molecule has 1 amide bonds. The molecule has 0 unspecified atom stereocenters. The summed E-state index contributed by atoms with van der Waals surface area (Å²) in [5.74, 6) is -0.615. The van der Waals surface area contributed by atoms with Gasteiger partial charge >= 0.3 is 22.3 Å². The number of carbonyl (C=O) groups excluding carboxylic acids is 2. The minimum absolute atomic E-state index is 0.0100. The van der Waals surface area contributed by atoms with Crippen molar-refractivity contribution in [1.29, 1.82) is 0 Å². The van der Waals surface area contributed by atoms with Crippen LogP contribution >= 0.6 is 11.3 Å². The molecule has 43 heavy (non-hydrogen) atoms. The first-order valence-electron chi connectivity index (χ1n) is 13.3. The van der Waals surface area contributed by atoms with Crippen LogP contribution in [-0.4, -0.2) is 59.2 Å². The van der Waals surface area contributed by atoms with E-state index in [4.69, 9.17) is 13.9 Å². The number of rotatable bonds is 11. The molecule has 1 atom stereocenters. The number of carbonyl (C=O) groups is 2. The highest BCUT2D eigenvalue weighted by atomic mass is 32.2. The average molecular weight is 620 g/mol. The number of amides is 1. The summed E-state index contributed by atoms with van der Waals surface area (Å²) in [6.07, 6.45) is -1.08. The largest absolute Gasteiger partial charge is 0.460 e. The van der Waals surface area contributed by atoms with E-state index >= 15 is 0 Å². The predicted molar refractivity (Wildman–Crippen MR) is 156 cm³/mol. The van der Waals surface area contributed by atoms with E-state index in [-0.39, 0.29) is 44.4 Å². The van der Waals surface area contributed by atoms with Crippen LogP contribution in [0.5, 0.6) is 0 Å². The summed E-state index contributed by atoms with van der Waals surface area (Å²) in [6, 6.07) is 23.6. The fourth-order valence-electron chi connectivity index (χ4n) is 4.45. The number of fused-ring (bicyclic) bond motifs is 1. The first kappa shape index (κ1) is 28.5. The maximum Gasteiger partial charge on any atom is 0.424 e. The number of aromatic nitrogens is 3. The number of thiazole rings is 1. The zero-order chi connectivity index (χ0) is 29.8. The smallest absolute Gasteiger partial charge is 0.424 e. The van der Waals surface area contributed by atoms with Gasteiger partial charge in [0.05, 0.1) is 29.6 Å². The van der Waals surface area contributed by atoms with Crippen molar-refractivity contribution in [2.24, 2.45) is 0 Å². The third-order valence-electron chi connectivity index (χ3n) is 6.54. The van der Waals surface area contributed by atoms with Crippen LogP contribution < -0.4 is 4.72 Å². The zero-order valence-electron chi connectivity index (χ0n) is 22.6. The molecule has 0 spiro atoms. The second-order valence-electron chi connectivity index (χ2n) is 9.58. The standard InChI is InChI=1S/C29H25N5O7S2/c35-28(40-18-19-7-3-1-4-8-19)23(33-43(37,38)34-13-14-39-29(34)36)16-25-31-32-26(41-25)17-27-30-22-12-11-21(15-24(22)42-27)20-9-5-2-6-10-20/h1-12,15,23,33H,13-14,16-18H2/t23-/m0/s1. The Morgan fingerprint density at radius 1 is 1.00 bits per heavy atom. The Labute approximate surface area is 250 Å². The molecule has 6 rings (SSSR count). The molecule has 1 aliphatic heterocycles. The van der Waals surface area contributed by atoms with Gasteiger partial charge in [-0.25, -0.2) is 9.78 Å². The third kappa shape index (κ3) is 6.71. The van der Waals surface area contributed by atoms with E-state index in [0.717, 1.165) is 26.4 Å². The van der Waals surface area contributed by atoms with Gasteiger partial charge in [0.15, 0.2) is 0 Å². The Morgan fingerprint density at radius 3 is 2.49 bits per heavy atom. The molecule has 1 fully saturated rings. The number of hydrogen-bond donors (Lipinski definition) is 1. The van der Waals surface area contributed by atoms with Crippen LogP contribution in [0.2, 0.25) is 0 Å². The van der Waals surface area contributed by atoms with Crippen LogP contribution in [-0.2, 0) is 43.9 Å². The van der Waals surface area contributed by atoms with Gasteiger partial charge in [-0.15, -0.1) is 21.5 Å². The Hall–Kier alpha value is -4.66. The summed E-state index contributed by atoms with van der Waals surface area (Å²) in [4.78, 5) is 29.6. The quantitative estimate of drug-likeness (QED) is 0.216. The highest BCUT2D eigenvalue weighted by Gasteiger charge is 2.37. The highest BCUT2D eigenvalue weighted by Crippen LogP contribution is 2.29. The highest BCUT2D eigenvalue weighted by molar-refractivity contribution is 7.87. The molecule has 2 aromatic heterocycles. The SMILES string of the molecule is O=C(OCc1ccccc1)[C@H](Cc1nnc(Cc2nc3ccc(-c4ccccc4)cc3s2)o1)NS(=O)(=O)N1CCOC1=O. The van der Waals surface area contributed by atoms with Crippen molar-refractivity contribution < 1.29 is 31.9 Å². The Kier molecular flexibility index (Phi) is 8.13. The van der Waals surface area contributed by atoms with Gasteiger partial charge in [0.25, 0.3) is 0 Å². The van der Waals surface area contributed by atoms with Crippen molar-refractivity contribution in [2.75, 3.05) is 13.2 Å². The molecule has 1 aliphatic rings. The van der Waals surface area contributed by atoms with E-state index in [0.29, 0.717) is 9.87 Å². The lowest BCUT2D eigenvalue weighted by atomic mass is 10.1. The van der Waals surface area contributed by atoms with Crippen LogP contribution in [0.25, 0.3) is 21.3 Å². The van der Waals surface area contributed by atoms with Crippen LogP contribution in [0, 0.1) is 0 Å². The topological polar surface area (TPSA) is 154 Å². The molecule has 5 aromatic rings. The predicted octanol–water partition coefficient (Wildman–Crippen LogP) is 3.88. The molecule has 12 nitrogen and oxygen atoms in total. The van der Waals surface area contributed by atoms with E-state index < -0.39 is 28.3 Å². The molecule has 3 aromatic carbocycles. The molecule has 0 aliphatic carbocycles. The second kappa shape index (κ2) is 12.3. The van der Waals surface area contributed by atoms with Gasteiger partial charge < -0.3 is 13.9 Å². The summed E-state index contributed by atoms with van der Waals surface area (Å²) in [6.45, 7) is -0.350. The van der Waals surface area contributed by atoms with E-state index in [9.17, 15) is 18.0 Å². The molecule has 220 valence electrons. The van der Waals surface area contributed by atoms with Crippen LogP contribution in [0.15, 0.2) is 83.3 Å². The van der Waals surface area contributed by atoms with Crippen molar-refractivity contribution in [1.82, 2.24) is 24.2 Å². The van der Waals surface area contributed by atoms with Gasteiger partial charge in [-0.05, 0) is 28.8 Å². The van der Waals surface area contributed by atoms with Gasteiger partial charge in [-0.2, -0.15) is 17.4 Å². The lowest BCUT2D eigenvalue weighted by molar-refractivity contribution is -0.147. The van der Waals surface area contributed by atoms with E-state index in [1.807, 2.05) is 48.5 Å². The number of hydrogen-bond acceptors (Lipinski definition) is 11. The fraction of sp³-hybridized carbons (Fsp3) is 0.207. The second-order valence-corrected chi connectivity index (χ2v) is 12.3. The van der Waals surface area contributed by atoms with Gasteiger partial charge in [0.1, 0.15) is 24.3 Å². The molecule has 1 N–H and O–H groups in total. The number of ether oxygens (including phenoxy) is 2.